The highest BCUT2D eigenvalue weighted by Crippen LogP contribution is 2.57. The van der Waals surface area contributed by atoms with Crippen LogP contribution in [-0.4, -0.2) is 26.8 Å². The second-order valence-electron chi connectivity index (χ2n) is 6.62. The molecule has 2 atom stereocenters. The molecule has 6 nitrogen and oxygen atoms in total. The number of carbonyl (C=O) groups excluding carboxylic acids is 1. The Morgan fingerprint density at radius 1 is 1.25 bits per heavy atom. The van der Waals surface area contributed by atoms with Gasteiger partial charge in [-0.2, -0.15) is 5.10 Å². The zero-order valence-electron chi connectivity index (χ0n) is 13.2. The molecule has 0 aliphatic heterocycles. The van der Waals surface area contributed by atoms with Crippen LogP contribution < -0.4 is 5.32 Å². The Hall–Kier alpha value is -2.63. The minimum Gasteiger partial charge on any atom is -0.476 e. The van der Waals surface area contributed by atoms with Gasteiger partial charge in [0.25, 0.3) is 0 Å². The third-order valence-corrected chi connectivity index (χ3v) is 5.16. The third-order valence-electron chi connectivity index (χ3n) is 5.16. The zero-order valence-corrected chi connectivity index (χ0v) is 13.2. The fourth-order valence-corrected chi connectivity index (χ4v) is 3.91. The van der Waals surface area contributed by atoms with Crippen LogP contribution in [-0.2, 0) is 11.3 Å². The standard InChI is InChI=1S/C18H19N3O3/c22-17(16-13-5-2-6-14(13)16)19-10-11-3-1-4-12(9-11)21-8-7-15(20-21)18(23)24/h1,3-4,7-9,13-14,16H,2,5-6,10H2,(H,19,22)(H,23,24). The van der Waals surface area contributed by atoms with E-state index in [2.05, 4.69) is 10.4 Å². The van der Waals surface area contributed by atoms with E-state index in [-0.39, 0.29) is 17.5 Å². The van der Waals surface area contributed by atoms with Gasteiger partial charge in [0, 0.05) is 18.7 Å². The summed E-state index contributed by atoms with van der Waals surface area (Å²) in [6.45, 7) is 0.482. The molecule has 4 rings (SSSR count). The van der Waals surface area contributed by atoms with E-state index in [1.165, 1.54) is 30.0 Å². The molecule has 0 spiro atoms. The Bertz CT molecular complexity index is 788. The molecule has 24 heavy (non-hydrogen) atoms. The minimum absolute atomic E-state index is 0.00831. The molecule has 1 aromatic heterocycles. The predicted octanol–water partition coefficient (Wildman–Crippen LogP) is 2.23. The van der Waals surface area contributed by atoms with Crippen molar-refractivity contribution >= 4 is 11.9 Å². The van der Waals surface area contributed by atoms with Gasteiger partial charge in [-0.05, 0) is 48.4 Å². The first-order valence-corrected chi connectivity index (χ1v) is 8.29. The lowest BCUT2D eigenvalue weighted by molar-refractivity contribution is -0.123. The van der Waals surface area contributed by atoms with Crippen molar-refractivity contribution in [2.75, 3.05) is 0 Å². The van der Waals surface area contributed by atoms with Gasteiger partial charge < -0.3 is 10.4 Å². The summed E-state index contributed by atoms with van der Waals surface area (Å²) in [6.07, 6.45) is 5.28. The summed E-state index contributed by atoms with van der Waals surface area (Å²) in [7, 11) is 0. The number of rotatable bonds is 5. The number of carbonyl (C=O) groups is 2. The first-order valence-electron chi connectivity index (χ1n) is 8.29. The van der Waals surface area contributed by atoms with E-state index >= 15 is 0 Å². The van der Waals surface area contributed by atoms with Crippen molar-refractivity contribution in [3.63, 3.8) is 0 Å². The maximum Gasteiger partial charge on any atom is 0.356 e. The quantitative estimate of drug-likeness (QED) is 0.883. The summed E-state index contributed by atoms with van der Waals surface area (Å²) in [5.41, 5.74) is 1.76. The van der Waals surface area contributed by atoms with E-state index in [4.69, 9.17) is 5.11 Å². The van der Waals surface area contributed by atoms with Crippen LogP contribution in [0.5, 0.6) is 0 Å². The monoisotopic (exact) mass is 325 g/mol. The highest BCUT2D eigenvalue weighted by Gasteiger charge is 2.56. The van der Waals surface area contributed by atoms with Crippen LogP contribution in [0.15, 0.2) is 36.5 Å². The largest absolute Gasteiger partial charge is 0.476 e. The van der Waals surface area contributed by atoms with Gasteiger partial charge in [-0.1, -0.05) is 18.6 Å². The lowest BCUT2D eigenvalue weighted by atomic mass is 10.1. The van der Waals surface area contributed by atoms with Crippen LogP contribution in [0.4, 0.5) is 0 Å². The molecule has 1 amide bonds. The number of hydrogen-bond donors (Lipinski definition) is 2. The summed E-state index contributed by atoms with van der Waals surface area (Å²) in [5, 5.41) is 16.0. The van der Waals surface area contributed by atoms with E-state index in [0.717, 1.165) is 11.3 Å². The zero-order chi connectivity index (χ0) is 16.7. The number of hydrogen-bond acceptors (Lipinski definition) is 3. The highest BCUT2D eigenvalue weighted by atomic mass is 16.4. The van der Waals surface area contributed by atoms with Gasteiger partial charge in [0.1, 0.15) is 0 Å². The molecule has 0 bridgehead atoms. The van der Waals surface area contributed by atoms with Crippen molar-refractivity contribution in [2.24, 2.45) is 17.8 Å². The van der Waals surface area contributed by atoms with Gasteiger partial charge in [-0.15, -0.1) is 0 Å². The molecule has 2 aliphatic rings. The Balaban J connectivity index is 1.41. The van der Waals surface area contributed by atoms with Crippen LogP contribution in [0.3, 0.4) is 0 Å². The number of carboxylic acids is 1. The van der Waals surface area contributed by atoms with Crippen molar-refractivity contribution in [1.29, 1.82) is 0 Å². The maximum atomic E-state index is 12.2. The number of carboxylic acid groups (broad SMARTS) is 1. The number of nitrogens with one attached hydrogen (secondary N) is 1. The fraction of sp³-hybridized carbons (Fsp3) is 0.389. The van der Waals surface area contributed by atoms with Gasteiger partial charge in [0.05, 0.1) is 5.69 Å². The van der Waals surface area contributed by atoms with Gasteiger partial charge in [0.2, 0.25) is 5.91 Å². The fourth-order valence-electron chi connectivity index (χ4n) is 3.91. The number of aromatic nitrogens is 2. The first kappa shape index (κ1) is 14.9. The van der Waals surface area contributed by atoms with E-state index < -0.39 is 5.97 Å². The average Bonchev–Trinajstić information content (AvgIpc) is 3.00. The van der Waals surface area contributed by atoms with Gasteiger partial charge in [-0.3, -0.25) is 4.79 Å². The van der Waals surface area contributed by atoms with Gasteiger partial charge >= 0.3 is 5.97 Å². The molecule has 2 fully saturated rings. The molecule has 2 unspecified atom stereocenters. The molecule has 0 saturated heterocycles. The minimum atomic E-state index is -1.05. The summed E-state index contributed by atoms with van der Waals surface area (Å²) in [6, 6.07) is 9.05. The number of nitrogens with zero attached hydrogens (tertiary/aromatic N) is 2. The average molecular weight is 325 g/mol. The highest BCUT2D eigenvalue weighted by molar-refractivity contribution is 5.85. The molecule has 2 N–H and O–H groups in total. The van der Waals surface area contributed by atoms with Gasteiger partial charge in [0.15, 0.2) is 5.69 Å². The maximum absolute atomic E-state index is 12.2. The van der Waals surface area contributed by atoms with E-state index in [1.54, 1.807) is 6.20 Å². The molecule has 1 aromatic carbocycles. The van der Waals surface area contributed by atoms with Crippen LogP contribution in [0, 0.1) is 17.8 Å². The number of aromatic carboxylic acids is 1. The van der Waals surface area contributed by atoms with Crippen molar-refractivity contribution in [1.82, 2.24) is 15.1 Å². The second-order valence-corrected chi connectivity index (χ2v) is 6.62. The van der Waals surface area contributed by atoms with Crippen molar-refractivity contribution in [2.45, 2.75) is 25.8 Å². The smallest absolute Gasteiger partial charge is 0.356 e. The summed E-state index contributed by atoms with van der Waals surface area (Å²) < 4.78 is 1.53. The third kappa shape index (κ3) is 2.68. The Morgan fingerprint density at radius 3 is 2.75 bits per heavy atom. The molecule has 0 radical (unpaired) electrons. The Kier molecular flexibility index (Phi) is 3.59. The summed E-state index contributed by atoms with van der Waals surface area (Å²) >= 11 is 0. The summed E-state index contributed by atoms with van der Waals surface area (Å²) in [4.78, 5) is 23.2. The molecule has 1 heterocycles. The lowest BCUT2D eigenvalue weighted by Crippen LogP contribution is -2.26. The van der Waals surface area contributed by atoms with Crippen LogP contribution in [0.1, 0.15) is 35.3 Å². The number of fused-ring (bicyclic) bond motifs is 1. The van der Waals surface area contributed by atoms with Crippen LogP contribution in [0.25, 0.3) is 5.69 Å². The molecule has 6 heteroatoms. The summed E-state index contributed by atoms with van der Waals surface area (Å²) in [5.74, 6) is 0.588. The van der Waals surface area contributed by atoms with E-state index in [9.17, 15) is 9.59 Å². The first-order chi connectivity index (χ1) is 11.6. The van der Waals surface area contributed by atoms with Crippen LogP contribution in [0.2, 0.25) is 0 Å². The molecular weight excluding hydrogens is 306 g/mol. The van der Waals surface area contributed by atoms with E-state index in [0.29, 0.717) is 18.4 Å². The molecule has 2 aromatic rings. The number of benzene rings is 1. The Morgan fingerprint density at radius 2 is 2.04 bits per heavy atom. The van der Waals surface area contributed by atoms with Crippen molar-refractivity contribution in [3.05, 3.63) is 47.8 Å². The SMILES string of the molecule is O=C(O)c1ccn(-c2cccc(CNC(=O)C3C4CCCC43)c2)n1. The van der Waals surface area contributed by atoms with Crippen LogP contribution >= 0.6 is 0 Å². The predicted molar refractivity (Wildman–Crippen MR) is 86.7 cm³/mol. The molecule has 2 saturated carbocycles. The van der Waals surface area contributed by atoms with E-state index in [1.807, 2.05) is 24.3 Å². The molecular formula is C18H19N3O3. The van der Waals surface area contributed by atoms with Crippen molar-refractivity contribution < 1.29 is 14.7 Å². The van der Waals surface area contributed by atoms with Gasteiger partial charge in [-0.25, -0.2) is 9.48 Å². The molecule has 124 valence electrons. The van der Waals surface area contributed by atoms with Crippen molar-refractivity contribution in [3.8, 4) is 5.69 Å². The Labute approximate surface area is 139 Å². The lowest BCUT2D eigenvalue weighted by Gasteiger charge is -2.08. The number of amides is 1. The normalized spacial score (nSPS) is 24.4. The topological polar surface area (TPSA) is 84.2 Å². The second kappa shape index (κ2) is 5.78. The molecule has 2 aliphatic carbocycles.